The predicted octanol–water partition coefficient (Wildman–Crippen LogP) is 4.27. The Morgan fingerprint density at radius 1 is 1.12 bits per heavy atom. The van der Waals surface area contributed by atoms with Gasteiger partial charge < -0.3 is 19.9 Å². The van der Waals surface area contributed by atoms with Gasteiger partial charge in [-0.2, -0.15) is 0 Å². The number of ketones is 1. The minimum atomic E-state index is -0.942. The highest BCUT2D eigenvalue weighted by molar-refractivity contribution is 6.12. The number of hydrogen-bond donors (Lipinski definition) is 2. The van der Waals surface area contributed by atoms with Gasteiger partial charge in [0, 0.05) is 22.9 Å². The van der Waals surface area contributed by atoms with E-state index >= 15 is 0 Å². The van der Waals surface area contributed by atoms with Gasteiger partial charge in [-0.3, -0.25) is 9.59 Å². The molecule has 7 nitrogen and oxygen atoms in total. The molecule has 1 saturated carbocycles. The first-order valence-electron chi connectivity index (χ1n) is 12.1. The number of hydrogen-bond acceptors (Lipinski definition) is 7. The maximum Gasteiger partial charge on any atom is 0.337 e. The number of esters is 2. The first-order chi connectivity index (χ1) is 16.3. The molecule has 1 aromatic carbocycles. The van der Waals surface area contributed by atoms with Crippen molar-refractivity contribution >= 4 is 17.7 Å². The second kappa shape index (κ2) is 10.0. The van der Waals surface area contributed by atoms with Crippen LogP contribution in [0, 0.1) is 11.8 Å². The van der Waals surface area contributed by atoms with E-state index in [9.17, 15) is 19.5 Å². The average molecular weight is 468 g/mol. The van der Waals surface area contributed by atoms with Crippen molar-refractivity contribution < 1.29 is 29.0 Å². The van der Waals surface area contributed by atoms with Gasteiger partial charge in [-0.15, -0.1) is 0 Å². The monoisotopic (exact) mass is 467 g/mol. The van der Waals surface area contributed by atoms with Crippen molar-refractivity contribution in [2.45, 2.75) is 70.8 Å². The Balaban J connectivity index is 1.77. The summed E-state index contributed by atoms with van der Waals surface area (Å²) in [4.78, 5) is 39.8. The number of Topliss-reactive ketones (excluding diaryl/α,β-unsaturated/α-hetero) is 1. The Bertz CT molecular complexity index is 1050. The first kappa shape index (κ1) is 24.0. The van der Waals surface area contributed by atoms with Gasteiger partial charge in [0.15, 0.2) is 5.78 Å². The summed E-state index contributed by atoms with van der Waals surface area (Å²) in [5.74, 6) is -3.28. The Labute approximate surface area is 200 Å². The van der Waals surface area contributed by atoms with Crippen molar-refractivity contribution in [1.29, 1.82) is 0 Å². The normalized spacial score (nSPS) is 25.9. The van der Waals surface area contributed by atoms with Gasteiger partial charge in [0.1, 0.15) is 17.8 Å². The molecule has 0 saturated heterocycles. The van der Waals surface area contributed by atoms with Crippen LogP contribution in [0.3, 0.4) is 0 Å². The zero-order chi connectivity index (χ0) is 24.4. The van der Waals surface area contributed by atoms with E-state index in [2.05, 4.69) is 5.32 Å². The number of benzene rings is 1. The zero-order valence-corrected chi connectivity index (χ0v) is 20.1. The number of carbonyl (C=O) groups is 3. The first-order valence-corrected chi connectivity index (χ1v) is 12.1. The third-order valence-electron chi connectivity index (χ3n) is 7.24. The quantitative estimate of drug-likeness (QED) is 0.387. The van der Waals surface area contributed by atoms with Crippen molar-refractivity contribution in [1.82, 2.24) is 5.32 Å². The Kier molecular flexibility index (Phi) is 7.10. The number of phenolic OH excluding ortho intramolecular Hbond substituents is 1. The van der Waals surface area contributed by atoms with E-state index in [-0.39, 0.29) is 23.6 Å². The molecule has 2 aliphatic carbocycles. The summed E-state index contributed by atoms with van der Waals surface area (Å²) in [7, 11) is 1.28. The van der Waals surface area contributed by atoms with Crippen LogP contribution < -0.4 is 5.32 Å². The molecular weight excluding hydrogens is 434 g/mol. The molecule has 1 aliphatic heterocycles. The van der Waals surface area contributed by atoms with Crippen LogP contribution in [0.2, 0.25) is 0 Å². The Morgan fingerprint density at radius 3 is 2.47 bits per heavy atom. The van der Waals surface area contributed by atoms with Crippen LogP contribution in [-0.4, -0.2) is 36.0 Å². The van der Waals surface area contributed by atoms with E-state index in [0.717, 1.165) is 38.5 Å². The summed E-state index contributed by atoms with van der Waals surface area (Å²) in [6, 6.07) is 6.57. The van der Waals surface area contributed by atoms with Crippen molar-refractivity contribution in [2.24, 2.45) is 11.8 Å². The highest BCUT2D eigenvalue weighted by Gasteiger charge is 2.47. The van der Waals surface area contributed by atoms with E-state index in [1.807, 2.05) is 13.8 Å². The van der Waals surface area contributed by atoms with Gasteiger partial charge in [0.2, 0.25) is 0 Å². The van der Waals surface area contributed by atoms with Crippen molar-refractivity contribution in [2.75, 3.05) is 7.11 Å². The minimum Gasteiger partial charge on any atom is -0.508 e. The van der Waals surface area contributed by atoms with Crippen LogP contribution in [-0.2, 0) is 23.9 Å². The fourth-order valence-corrected chi connectivity index (χ4v) is 5.56. The van der Waals surface area contributed by atoms with Crippen LogP contribution in [0.4, 0.5) is 0 Å². The number of aromatic hydroxyl groups is 1. The average Bonchev–Trinajstić information content (AvgIpc) is 3.06. The largest absolute Gasteiger partial charge is 0.508 e. The summed E-state index contributed by atoms with van der Waals surface area (Å²) >= 11 is 0. The molecule has 182 valence electrons. The van der Waals surface area contributed by atoms with Crippen molar-refractivity contribution in [3.63, 3.8) is 0 Å². The van der Waals surface area contributed by atoms with E-state index in [4.69, 9.17) is 9.47 Å². The fourth-order valence-electron chi connectivity index (χ4n) is 5.56. The highest BCUT2D eigenvalue weighted by atomic mass is 16.5. The number of phenols is 1. The van der Waals surface area contributed by atoms with Crippen LogP contribution in [0.1, 0.15) is 70.3 Å². The second-order valence-electron chi connectivity index (χ2n) is 9.65. The molecule has 1 heterocycles. The summed E-state index contributed by atoms with van der Waals surface area (Å²) in [5, 5.41) is 13.5. The zero-order valence-electron chi connectivity index (χ0n) is 20.1. The molecule has 0 spiro atoms. The maximum absolute atomic E-state index is 13.7. The number of ether oxygens (including phenoxy) is 2. The fraction of sp³-hybridized carbons (Fsp3) is 0.519. The lowest BCUT2D eigenvalue weighted by Gasteiger charge is -2.38. The lowest BCUT2D eigenvalue weighted by molar-refractivity contribution is -0.151. The van der Waals surface area contributed by atoms with Crippen LogP contribution in [0.25, 0.3) is 0 Å². The summed E-state index contributed by atoms with van der Waals surface area (Å²) in [6.07, 6.45) is 6.31. The number of carbonyl (C=O) groups excluding carboxylic acids is 3. The molecule has 0 aromatic heterocycles. The van der Waals surface area contributed by atoms with Gasteiger partial charge >= 0.3 is 11.9 Å². The lowest BCUT2D eigenvalue weighted by atomic mass is 9.69. The Morgan fingerprint density at radius 2 is 1.82 bits per heavy atom. The van der Waals surface area contributed by atoms with Gasteiger partial charge in [0.25, 0.3) is 0 Å². The van der Waals surface area contributed by atoms with Crippen molar-refractivity contribution in [3.05, 3.63) is 52.4 Å². The molecular formula is C27H33NO6. The minimum absolute atomic E-state index is 0.0356. The molecule has 3 aliphatic rings. The smallest absolute Gasteiger partial charge is 0.337 e. The molecule has 34 heavy (non-hydrogen) atoms. The number of nitrogens with one attached hydrogen (secondary N) is 1. The lowest BCUT2D eigenvalue weighted by Crippen LogP contribution is -2.43. The number of dihydropyridines is 1. The van der Waals surface area contributed by atoms with Gasteiger partial charge in [-0.05, 0) is 62.6 Å². The van der Waals surface area contributed by atoms with E-state index < -0.39 is 23.8 Å². The molecule has 1 aromatic rings. The Hall–Kier alpha value is -3.09. The number of rotatable bonds is 4. The maximum atomic E-state index is 13.7. The second-order valence-corrected chi connectivity index (χ2v) is 9.65. The molecule has 4 rings (SSSR count). The highest BCUT2D eigenvalue weighted by Crippen LogP contribution is 2.46. The van der Waals surface area contributed by atoms with Gasteiger partial charge in [0.05, 0.1) is 12.7 Å². The van der Waals surface area contributed by atoms with E-state index in [1.165, 1.54) is 7.11 Å². The third-order valence-corrected chi connectivity index (χ3v) is 7.24. The number of methoxy groups -OCH3 is 1. The van der Waals surface area contributed by atoms with Crippen LogP contribution in [0.5, 0.6) is 5.75 Å². The van der Waals surface area contributed by atoms with Gasteiger partial charge in [-0.25, -0.2) is 4.79 Å². The SMILES string of the molecule is COC(=O)[C@H]1C(=O)C2=C(C[C@@H]1C)NC(C)=C(C(=O)OC1CCCCCC1)[C@H]2c1cccc(O)c1. The molecule has 1 fully saturated rings. The third kappa shape index (κ3) is 4.61. The van der Waals surface area contributed by atoms with E-state index in [1.54, 1.807) is 24.3 Å². The predicted molar refractivity (Wildman–Crippen MR) is 126 cm³/mol. The summed E-state index contributed by atoms with van der Waals surface area (Å²) in [6.45, 7) is 3.66. The molecule has 2 N–H and O–H groups in total. The molecule has 0 unspecified atom stereocenters. The molecule has 0 bridgehead atoms. The topological polar surface area (TPSA) is 102 Å². The summed E-state index contributed by atoms with van der Waals surface area (Å²) in [5.41, 5.74) is 2.65. The molecule has 7 heteroatoms. The number of allylic oxidation sites excluding steroid dienone is 3. The van der Waals surface area contributed by atoms with Crippen LogP contribution in [0.15, 0.2) is 46.8 Å². The summed E-state index contributed by atoms with van der Waals surface area (Å²) < 4.78 is 10.9. The molecule has 0 amide bonds. The van der Waals surface area contributed by atoms with Crippen LogP contribution >= 0.6 is 0 Å². The molecule has 3 atom stereocenters. The van der Waals surface area contributed by atoms with Gasteiger partial charge in [-0.1, -0.05) is 31.9 Å². The standard InChI is InChI=1S/C27H33NO6/c1-15-13-20-24(25(30)21(15)26(31)33-3)23(17-9-8-10-18(29)14-17)22(16(2)28-20)27(32)34-19-11-6-4-5-7-12-19/h8-10,14-15,19,21,23,28-29H,4-7,11-13H2,1-3H3/t15-,21+,23+/m0/s1. The molecule has 0 radical (unpaired) electrons. The van der Waals surface area contributed by atoms with E-state index in [0.29, 0.717) is 34.5 Å². The van der Waals surface area contributed by atoms with Crippen molar-refractivity contribution in [3.8, 4) is 5.75 Å².